The van der Waals surface area contributed by atoms with Gasteiger partial charge >= 0.3 is 0 Å². The number of ether oxygens (including phenoxy) is 1. The van der Waals surface area contributed by atoms with Crippen LogP contribution in [0.1, 0.15) is 48.6 Å². The molecule has 3 aromatic heterocycles. The standard InChI is InChI=1S/C77H51N4O.Pt/c1-76(2,3)50-40-41-78-74(44-50)81-71-32-15-10-26-62(71)63-39-36-53(46-73(63)81)82-52-19-16-18-51(45-52)79-47-80-70-31-14-9-25-61(70)55-21-5-4-20-54(55)56-37-34-48(42-65(56)64-27-17-33-72(79)75(64)80)49-35-38-60-59-24-8-13-30-68(59)77(69(60)43-49)66-28-11-6-22-57(66)58-23-7-12-29-67(58)77;/h4-44,47H,1-3H3;/q-3;. The largest absolute Gasteiger partial charge is 0.509 e. The van der Waals surface area contributed by atoms with Crippen molar-refractivity contribution < 1.29 is 25.8 Å². The summed E-state index contributed by atoms with van der Waals surface area (Å²) in [5.74, 6) is 2.03. The minimum atomic E-state index is -0.440. The molecule has 0 fully saturated rings. The van der Waals surface area contributed by atoms with Gasteiger partial charge in [-0.3, -0.25) is 0 Å². The predicted molar refractivity (Wildman–Crippen MR) is 337 cm³/mol. The molecule has 0 radical (unpaired) electrons. The van der Waals surface area contributed by atoms with Gasteiger partial charge in [0.15, 0.2) is 0 Å². The van der Waals surface area contributed by atoms with Crippen LogP contribution in [0, 0.1) is 18.8 Å². The summed E-state index contributed by atoms with van der Waals surface area (Å²) in [5, 5.41) is 9.22. The molecule has 0 unspecified atom stereocenters. The molecule has 0 saturated heterocycles. The molecular formula is C77H51N4OPt-3. The molecule has 5 nitrogen and oxygen atoms in total. The number of hydrogen-bond donors (Lipinski definition) is 0. The number of pyridine rings is 1. The second-order valence-electron chi connectivity index (χ2n) is 23.1. The molecule has 1 aliphatic heterocycles. The van der Waals surface area contributed by atoms with Crippen LogP contribution in [-0.2, 0) is 31.9 Å². The van der Waals surface area contributed by atoms with Gasteiger partial charge in [0.25, 0.3) is 0 Å². The van der Waals surface area contributed by atoms with Crippen LogP contribution >= 0.6 is 0 Å². The minimum absolute atomic E-state index is 0. The molecule has 0 bridgehead atoms. The Kier molecular flexibility index (Phi) is 10.9. The first-order valence-electron chi connectivity index (χ1n) is 28.3. The van der Waals surface area contributed by atoms with E-state index in [4.69, 9.17) is 9.72 Å². The van der Waals surface area contributed by atoms with Crippen LogP contribution in [0.25, 0.3) is 104 Å². The summed E-state index contributed by atoms with van der Waals surface area (Å²) in [4.78, 5) is 7.16. The first kappa shape index (κ1) is 49.2. The first-order chi connectivity index (χ1) is 40.3. The van der Waals surface area contributed by atoms with E-state index in [1.54, 1.807) is 0 Å². The molecule has 11 aromatic carbocycles. The number of anilines is 2. The molecule has 0 N–H and O–H groups in total. The van der Waals surface area contributed by atoms with E-state index in [1.165, 1.54) is 71.8 Å². The van der Waals surface area contributed by atoms with Gasteiger partial charge in [-0.25, -0.2) is 4.98 Å². The van der Waals surface area contributed by atoms with E-state index in [0.717, 1.165) is 71.8 Å². The van der Waals surface area contributed by atoms with Crippen molar-refractivity contribution in [2.75, 3.05) is 4.90 Å². The van der Waals surface area contributed by atoms with E-state index in [0.29, 0.717) is 11.5 Å². The van der Waals surface area contributed by atoms with Gasteiger partial charge in [-0.2, -0.15) is 12.1 Å². The smallest absolute Gasteiger partial charge is 0.135 e. The van der Waals surface area contributed by atoms with Crippen LogP contribution in [0.4, 0.5) is 11.4 Å². The van der Waals surface area contributed by atoms with E-state index in [-0.39, 0.29) is 26.5 Å². The Morgan fingerprint density at radius 1 is 0.446 bits per heavy atom. The van der Waals surface area contributed by atoms with Crippen molar-refractivity contribution in [3.63, 3.8) is 0 Å². The van der Waals surface area contributed by atoms with Crippen LogP contribution < -0.4 is 9.64 Å². The Labute approximate surface area is 495 Å². The van der Waals surface area contributed by atoms with E-state index < -0.39 is 5.41 Å². The van der Waals surface area contributed by atoms with Crippen molar-refractivity contribution in [1.82, 2.24) is 14.1 Å². The number of aromatic nitrogens is 3. The fourth-order valence-electron chi connectivity index (χ4n) is 14.1. The monoisotopic (exact) mass is 1240 g/mol. The molecular weight excluding hydrogens is 1190 g/mol. The maximum Gasteiger partial charge on any atom is 0.135 e. The zero-order valence-corrected chi connectivity index (χ0v) is 48.0. The molecule has 2 aliphatic carbocycles. The molecule has 0 amide bonds. The van der Waals surface area contributed by atoms with E-state index >= 15 is 0 Å². The van der Waals surface area contributed by atoms with Gasteiger partial charge in [-0.15, -0.1) is 35.7 Å². The van der Waals surface area contributed by atoms with Crippen LogP contribution in [-0.4, -0.2) is 14.1 Å². The Balaban J connectivity index is 0.00000565. The van der Waals surface area contributed by atoms with Gasteiger partial charge in [-0.1, -0.05) is 213 Å². The molecule has 14 aromatic rings. The third-order valence-electron chi connectivity index (χ3n) is 17.7. The third-order valence-corrected chi connectivity index (χ3v) is 17.7. The Morgan fingerprint density at radius 2 is 1.00 bits per heavy atom. The predicted octanol–water partition coefficient (Wildman–Crippen LogP) is 19.5. The average Bonchev–Trinajstić information content (AvgIpc) is 1.81. The van der Waals surface area contributed by atoms with Crippen LogP contribution in [0.3, 0.4) is 0 Å². The third kappa shape index (κ3) is 7.17. The van der Waals surface area contributed by atoms with E-state index in [1.807, 2.05) is 18.3 Å². The van der Waals surface area contributed by atoms with E-state index in [2.05, 4.69) is 284 Å². The molecule has 4 heterocycles. The quantitative estimate of drug-likeness (QED) is 0.161. The van der Waals surface area contributed by atoms with Gasteiger partial charge in [0.2, 0.25) is 0 Å². The van der Waals surface area contributed by atoms with E-state index in [9.17, 15) is 0 Å². The summed E-state index contributed by atoms with van der Waals surface area (Å²) < 4.78 is 11.4. The second kappa shape index (κ2) is 18.4. The maximum atomic E-state index is 6.79. The second-order valence-corrected chi connectivity index (χ2v) is 23.1. The summed E-state index contributed by atoms with van der Waals surface area (Å²) in [6.07, 6.45) is 1.91. The average molecular weight is 1240 g/mol. The first-order valence-corrected chi connectivity index (χ1v) is 28.3. The molecule has 3 aliphatic rings. The molecule has 6 heteroatoms. The fourth-order valence-corrected chi connectivity index (χ4v) is 14.1. The van der Waals surface area contributed by atoms with Gasteiger partial charge in [0, 0.05) is 50.0 Å². The number of rotatable bonds is 5. The van der Waals surface area contributed by atoms with Crippen molar-refractivity contribution in [3.8, 4) is 50.7 Å². The van der Waals surface area contributed by atoms with Crippen molar-refractivity contribution in [2.45, 2.75) is 31.6 Å². The maximum absolute atomic E-state index is 6.79. The van der Waals surface area contributed by atoms with Gasteiger partial charge in [0.1, 0.15) is 5.82 Å². The number of para-hydroxylation sites is 3. The Hall–Kier alpha value is -9.67. The molecule has 17 rings (SSSR count). The Morgan fingerprint density at radius 3 is 1.72 bits per heavy atom. The topological polar surface area (TPSA) is 35.2 Å². The zero-order chi connectivity index (χ0) is 54.4. The van der Waals surface area contributed by atoms with Crippen molar-refractivity contribution >= 4 is 76.5 Å². The number of fused-ring (bicyclic) bond motifs is 20. The minimum Gasteiger partial charge on any atom is -0.509 e. The van der Waals surface area contributed by atoms with Crippen molar-refractivity contribution in [3.05, 3.63) is 295 Å². The summed E-state index contributed by atoms with van der Waals surface area (Å²) >= 11 is 0. The summed E-state index contributed by atoms with van der Waals surface area (Å²) in [7, 11) is 0. The van der Waals surface area contributed by atoms with Crippen LogP contribution in [0.15, 0.2) is 249 Å². The van der Waals surface area contributed by atoms with Gasteiger partial charge in [-0.05, 0) is 153 Å². The SMILES string of the molecule is CC(C)(C)c1ccnc(-n2c3[c-]c(Oc4[c-]c(N5[CH-]n6c7ccccc7c7ccccc7c7ccc(-c8ccc9c(c8)C8(c%10ccccc%10-c%10ccccc%108)c8ccccc8-9)cc7c7cccc5c76)ccc4)ccc3c3ccccc32)c1.[Pt]. The summed E-state index contributed by atoms with van der Waals surface area (Å²) in [5.41, 5.74) is 19.7. The normalized spacial score (nSPS) is 13.3. The molecule has 83 heavy (non-hydrogen) atoms. The molecule has 398 valence electrons. The van der Waals surface area contributed by atoms with Crippen molar-refractivity contribution in [2.24, 2.45) is 0 Å². The molecule has 1 spiro atoms. The number of nitrogens with zero attached hydrogens (tertiary/aromatic N) is 4. The summed E-state index contributed by atoms with van der Waals surface area (Å²) in [6.45, 7) is 8.93. The van der Waals surface area contributed by atoms with Gasteiger partial charge < -0.3 is 18.8 Å². The Bertz CT molecular complexity index is 5070. The van der Waals surface area contributed by atoms with Crippen molar-refractivity contribution in [1.29, 1.82) is 0 Å². The summed E-state index contributed by atoms with van der Waals surface area (Å²) in [6, 6.07) is 96.4. The fraction of sp³-hybridized carbons (Fsp3) is 0.0649. The number of hydrogen-bond acceptors (Lipinski definition) is 3. The van der Waals surface area contributed by atoms with Crippen LogP contribution in [0.2, 0.25) is 0 Å². The molecule has 0 atom stereocenters. The number of benzene rings is 11. The van der Waals surface area contributed by atoms with Gasteiger partial charge in [0.05, 0.1) is 5.41 Å². The molecule has 0 saturated carbocycles. The zero-order valence-electron chi connectivity index (χ0n) is 45.8. The van der Waals surface area contributed by atoms with Crippen LogP contribution in [0.5, 0.6) is 11.5 Å².